The van der Waals surface area contributed by atoms with Crippen LogP contribution in [0, 0.1) is 13.8 Å². The maximum absolute atomic E-state index is 12.8. The predicted octanol–water partition coefficient (Wildman–Crippen LogP) is 3.86. The number of ether oxygens (including phenoxy) is 1. The highest BCUT2D eigenvalue weighted by molar-refractivity contribution is 7.21. The van der Waals surface area contributed by atoms with Crippen molar-refractivity contribution in [3.8, 4) is 5.69 Å². The van der Waals surface area contributed by atoms with Crippen molar-refractivity contribution in [2.75, 3.05) is 19.8 Å². The highest BCUT2D eigenvalue weighted by Gasteiger charge is 2.21. The number of hydrogen-bond acceptors (Lipinski definition) is 4. The van der Waals surface area contributed by atoms with Crippen LogP contribution in [0.1, 0.15) is 34.3 Å². The van der Waals surface area contributed by atoms with Crippen LogP contribution in [0.2, 0.25) is 0 Å². The Bertz CT molecular complexity index is 869. The van der Waals surface area contributed by atoms with E-state index in [-0.39, 0.29) is 5.91 Å². The molecule has 3 heterocycles. The Labute approximate surface area is 151 Å². The van der Waals surface area contributed by atoms with Crippen LogP contribution in [0.3, 0.4) is 0 Å². The van der Waals surface area contributed by atoms with Crippen LogP contribution >= 0.6 is 11.3 Å². The number of rotatable bonds is 7. The number of nitrogens with zero attached hydrogens (tertiary/aromatic N) is 2. The van der Waals surface area contributed by atoms with Gasteiger partial charge in [-0.15, -0.1) is 11.3 Å². The van der Waals surface area contributed by atoms with Gasteiger partial charge in [-0.2, -0.15) is 0 Å². The van der Waals surface area contributed by atoms with Gasteiger partial charge in [0.05, 0.1) is 5.69 Å². The highest BCUT2D eigenvalue weighted by atomic mass is 32.1. The number of aromatic nitrogens is 2. The van der Waals surface area contributed by atoms with Gasteiger partial charge < -0.3 is 14.6 Å². The van der Waals surface area contributed by atoms with Crippen molar-refractivity contribution in [3.63, 3.8) is 0 Å². The number of amides is 1. The first-order valence-electron chi connectivity index (χ1n) is 8.51. The summed E-state index contributed by atoms with van der Waals surface area (Å²) in [6.07, 6.45) is 4.74. The summed E-state index contributed by atoms with van der Waals surface area (Å²) in [5.41, 5.74) is 3.02. The molecule has 0 radical (unpaired) electrons. The van der Waals surface area contributed by atoms with Crippen molar-refractivity contribution in [2.45, 2.75) is 27.2 Å². The molecule has 0 aromatic carbocycles. The maximum Gasteiger partial charge on any atom is 0.263 e. The van der Waals surface area contributed by atoms with Crippen molar-refractivity contribution in [2.24, 2.45) is 0 Å². The van der Waals surface area contributed by atoms with Crippen LogP contribution in [0.4, 0.5) is 0 Å². The fraction of sp³-hybridized carbons (Fsp3) is 0.368. The van der Waals surface area contributed by atoms with Gasteiger partial charge >= 0.3 is 0 Å². The highest BCUT2D eigenvalue weighted by Crippen LogP contribution is 2.35. The van der Waals surface area contributed by atoms with Crippen LogP contribution in [-0.2, 0) is 4.74 Å². The largest absolute Gasteiger partial charge is 0.382 e. The fourth-order valence-electron chi connectivity index (χ4n) is 2.91. The fourth-order valence-corrected chi connectivity index (χ4v) is 4.12. The number of carbonyl (C=O) groups excluding carboxylic acids is 1. The van der Waals surface area contributed by atoms with Gasteiger partial charge in [0.2, 0.25) is 0 Å². The molecule has 0 bridgehead atoms. The molecule has 5 nitrogen and oxygen atoms in total. The second-order valence-corrected chi connectivity index (χ2v) is 6.94. The molecule has 3 aromatic rings. The second kappa shape index (κ2) is 7.80. The average Bonchev–Trinajstić information content (AvgIpc) is 3.21. The maximum atomic E-state index is 12.8. The third-order valence-electron chi connectivity index (χ3n) is 3.99. The van der Waals surface area contributed by atoms with Gasteiger partial charge in [-0.05, 0) is 51.0 Å². The van der Waals surface area contributed by atoms with E-state index in [4.69, 9.17) is 4.74 Å². The minimum Gasteiger partial charge on any atom is -0.382 e. The SMILES string of the molecule is CCOCCCNC(=O)c1sc2nc(C)cc(C)c2c1-n1cccc1. The molecule has 1 N–H and O–H groups in total. The lowest BCUT2D eigenvalue weighted by molar-refractivity contribution is 0.0948. The van der Waals surface area contributed by atoms with Gasteiger partial charge in [-0.25, -0.2) is 4.98 Å². The number of carbonyl (C=O) groups is 1. The Hall–Kier alpha value is -2.18. The molecule has 0 unspecified atom stereocenters. The monoisotopic (exact) mass is 357 g/mol. The summed E-state index contributed by atoms with van der Waals surface area (Å²) >= 11 is 1.45. The van der Waals surface area contributed by atoms with Crippen molar-refractivity contribution >= 4 is 27.5 Å². The lowest BCUT2D eigenvalue weighted by Gasteiger charge is -2.09. The van der Waals surface area contributed by atoms with Crippen LogP contribution in [-0.4, -0.2) is 35.2 Å². The first-order valence-corrected chi connectivity index (χ1v) is 9.33. The van der Waals surface area contributed by atoms with Crippen LogP contribution < -0.4 is 5.32 Å². The zero-order valence-electron chi connectivity index (χ0n) is 14.8. The smallest absolute Gasteiger partial charge is 0.263 e. The van der Waals surface area contributed by atoms with E-state index in [1.54, 1.807) is 0 Å². The molecule has 25 heavy (non-hydrogen) atoms. The summed E-state index contributed by atoms with van der Waals surface area (Å²) in [5.74, 6) is -0.0553. The van der Waals surface area contributed by atoms with E-state index in [0.717, 1.165) is 33.6 Å². The van der Waals surface area contributed by atoms with Gasteiger partial charge in [0.25, 0.3) is 5.91 Å². The quantitative estimate of drug-likeness (QED) is 0.653. The normalized spacial score (nSPS) is 11.2. The topological polar surface area (TPSA) is 56.1 Å². The van der Waals surface area contributed by atoms with E-state index in [1.165, 1.54) is 11.3 Å². The van der Waals surface area contributed by atoms with Crippen LogP contribution in [0.25, 0.3) is 15.9 Å². The Balaban J connectivity index is 1.95. The first kappa shape index (κ1) is 17.6. The minimum absolute atomic E-state index is 0.0553. The lowest BCUT2D eigenvalue weighted by atomic mass is 10.1. The molecule has 0 aliphatic rings. The Morgan fingerprint density at radius 1 is 1.32 bits per heavy atom. The standard InChI is InChI=1S/C19H23N3O2S/c1-4-24-11-7-8-20-18(23)17-16(22-9-5-6-10-22)15-13(2)12-14(3)21-19(15)25-17/h5-6,9-10,12H,4,7-8,11H2,1-3H3,(H,20,23). The summed E-state index contributed by atoms with van der Waals surface area (Å²) in [4.78, 5) is 19.0. The van der Waals surface area contributed by atoms with Crippen LogP contribution in [0.5, 0.6) is 0 Å². The summed E-state index contributed by atoms with van der Waals surface area (Å²) in [6.45, 7) is 7.98. The van der Waals surface area contributed by atoms with E-state index in [9.17, 15) is 4.79 Å². The molecule has 3 aromatic heterocycles. The third-order valence-corrected chi connectivity index (χ3v) is 5.06. The molecule has 132 valence electrons. The van der Waals surface area contributed by atoms with Crippen molar-refractivity contribution in [1.29, 1.82) is 0 Å². The zero-order valence-corrected chi connectivity index (χ0v) is 15.7. The number of pyridine rings is 1. The summed E-state index contributed by atoms with van der Waals surface area (Å²) in [6, 6.07) is 5.99. The van der Waals surface area contributed by atoms with Crippen molar-refractivity contribution < 1.29 is 9.53 Å². The molecule has 0 saturated heterocycles. The first-order chi connectivity index (χ1) is 12.1. The summed E-state index contributed by atoms with van der Waals surface area (Å²) in [5, 5.41) is 4.05. The van der Waals surface area contributed by atoms with E-state index in [1.807, 2.05) is 42.9 Å². The van der Waals surface area contributed by atoms with E-state index in [2.05, 4.69) is 23.3 Å². The number of fused-ring (bicyclic) bond motifs is 1. The summed E-state index contributed by atoms with van der Waals surface area (Å²) < 4.78 is 7.32. The molecule has 0 atom stereocenters. The van der Waals surface area contributed by atoms with Crippen molar-refractivity contribution in [1.82, 2.24) is 14.9 Å². The lowest BCUT2D eigenvalue weighted by Crippen LogP contribution is -2.25. The Morgan fingerprint density at radius 2 is 2.08 bits per heavy atom. The molecular weight excluding hydrogens is 334 g/mol. The second-order valence-electron chi connectivity index (χ2n) is 5.94. The molecule has 0 spiro atoms. The van der Waals surface area contributed by atoms with Gasteiger partial charge in [-0.1, -0.05) is 0 Å². The molecular formula is C19H23N3O2S. The predicted molar refractivity (Wildman–Crippen MR) is 102 cm³/mol. The Kier molecular flexibility index (Phi) is 5.50. The average molecular weight is 357 g/mol. The van der Waals surface area contributed by atoms with E-state index >= 15 is 0 Å². The number of aryl methyl sites for hydroxylation is 2. The molecule has 3 rings (SSSR count). The van der Waals surface area contributed by atoms with E-state index < -0.39 is 0 Å². The van der Waals surface area contributed by atoms with Gasteiger partial charge in [0, 0.05) is 43.2 Å². The zero-order chi connectivity index (χ0) is 17.8. The van der Waals surface area contributed by atoms with Gasteiger partial charge in [-0.3, -0.25) is 4.79 Å². The molecule has 1 amide bonds. The Morgan fingerprint density at radius 3 is 2.80 bits per heavy atom. The third kappa shape index (κ3) is 3.75. The molecule has 0 aliphatic heterocycles. The molecule has 6 heteroatoms. The molecule has 0 fully saturated rings. The van der Waals surface area contributed by atoms with Gasteiger partial charge in [0.1, 0.15) is 9.71 Å². The number of nitrogens with one attached hydrogen (secondary N) is 1. The van der Waals surface area contributed by atoms with Crippen LogP contribution in [0.15, 0.2) is 30.6 Å². The molecule has 0 aliphatic carbocycles. The minimum atomic E-state index is -0.0553. The number of hydrogen-bond donors (Lipinski definition) is 1. The molecule has 0 saturated carbocycles. The van der Waals surface area contributed by atoms with Gasteiger partial charge in [0.15, 0.2) is 0 Å². The van der Waals surface area contributed by atoms with E-state index in [0.29, 0.717) is 24.6 Å². The summed E-state index contributed by atoms with van der Waals surface area (Å²) in [7, 11) is 0. The van der Waals surface area contributed by atoms with Crippen molar-refractivity contribution in [3.05, 3.63) is 46.7 Å². The number of thiophene rings is 1.